The maximum absolute atomic E-state index is 8.30. The van der Waals surface area contributed by atoms with Crippen molar-refractivity contribution in [3.05, 3.63) is 0 Å². The molecule has 1 heterocycles. The summed E-state index contributed by atoms with van der Waals surface area (Å²) >= 11 is 0. The van der Waals surface area contributed by atoms with Crippen molar-refractivity contribution in [3.8, 4) is 0 Å². The Kier molecular flexibility index (Phi) is 12.7. The number of unbranched alkanes of at least 4 members (excludes halogenated alkanes) is 3. The summed E-state index contributed by atoms with van der Waals surface area (Å²) in [5, 5.41) is 23.1. The molecule has 0 atom stereocenters. The van der Waals surface area contributed by atoms with Gasteiger partial charge >= 0.3 is 0 Å². The minimum atomic E-state index is 0.283. The zero-order valence-electron chi connectivity index (χ0n) is 8.97. The summed E-state index contributed by atoms with van der Waals surface area (Å²) in [6, 6.07) is 0. The van der Waals surface area contributed by atoms with E-state index in [0.717, 1.165) is 51.9 Å². The third-order valence-corrected chi connectivity index (χ3v) is 2.02. The van der Waals surface area contributed by atoms with Crippen LogP contribution >= 0.6 is 0 Å². The standard InChI is InChI=1S/C6H14O2.C4H10N2/c7-5-3-1-2-4-6-8;1-2-6-4-3-5-1/h7-8H,1-6H2;5-6H,1-4H2. The van der Waals surface area contributed by atoms with Gasteiger partial charge in [-0.15, -0.1) is 0 Å². The van der Waals surface area contributed by atoms with Crippen molar-refractivity contribution in [2.45, 2.75) is 25.7 Å². The highest BCUT2D eigenvalue weighted by atomic mass is 16.3. The van der Waals surface area contributed by atoms with Crippen molar-refractivity contribution in [1.82, 2.24) is 10.6 Å². The van der Waals surface area contributed by atoms with Gasteiger partial charge in [0.2, 0.25) is 0 Å². The number of piperazine rings is 1. The lowest BCUT2D eigenvalue weighted by molar-refractivity contribution is 0.265. The molecule has 4 N–H and O–H groups in total. The number of aliphatic hydroxyl groups excluding tert-OH is 2. The van der Waals surface area contributed by atoms with Gasteiger partial charge in [0, 0.05) is 39.4 Å². The fraction of sp³-hybridized carbons (Fsp3) is 1.00. The zero-order valence-corrected chi connectivity index (χ0v) is 8.97. The van der Waals surface area contributed by atoms with Gasteiger partial charge in [-0.3, -0.25) is 0 Å². The predicted octanol–water partition coefficient (Wildman–Crippen LogP) is -0.289. The maximum atomic E-state index is 8.30. The molecule has 1 aliphatic heterocycles. The minimum Gasteiger partial charge on any atom is -0.396 e. The Morgan fingerprint density at radius 1 is 0.643 bits per heavy atom. The summed E-state index contributed by atoms with van der Waals surface area (Å²) in [6.45, 7) is 5.12. The quantitative estimate of drug-likeness (QED) is 0.465. The Balaban J connectivity index is 0.000000249. The van der Waals surface area contributed by atoms with Gasteiger partial charge in [-0.25, -0.2) is 0 Å². The topological polar surface area (TPSA) is 64.5 Å². The predicted molar refractivity (Wildman–Crippen MR) is 58.4 cm³/mol. The van der Waals surface area contributed by atoms with Crippen LogP contribution in [0.5, 0.6) is 0 Å². The largest absolute Gasteiger partial charge is 0.396 e. The molecule has 0 saturated carbocycles. The average molecular weight is 204 g/mol. The van der Waals surface area contributed by atoms with Crippen molar-refractivity contribution >= 4 is 0 Å². The van der Waals surface area contributed by atoms with E-state index in [9.17, 15) is 0 Å². The summed E-state index contributed by atoms with van der Waals surface area (Å²) < 4.78 is 0. The Hall–Kier alpha value is -0.160. The van der Waals surface area contributed by atoms with Crippen LogP contribution in [0.4, 0.5) is 0 Å². The van der Waals surface area contributed by atoms with Crippen LogP contribution in [0.15, 0.2) is 0 Å². The summed E-state index contributed by atoms with van der Waals surface area (Å²) in [5.74, 6) is 0. The van der Waals surface area contributed by atoms with Gasteiger partial charge < -0.3 is 20.8 Å². The van der Waals surface area contributed by atoms with Gasteiger partial charge in [0.15, 0.2) is 0 Å². The second-order valence-corrected chi connectivity index (χ2v) is 3.36. The molecule has 0 aromatic heterocycles. The first-order valence-electron chi connectivity index (χ1n) is 5.55. The molecule has 1 saturated heterocycles. The van der Waals surface area contributed by atoms with E-state index in [1.165, 1.54) is 0 Å². The first-order valence-corrected chi connectivity index (χ1v) is 5.55. The van der Waals surface area contributed by atoms with Crippen molar-refractivity contribution in [1.29, 1.82) is 0 Å². The SMILES string of the molecule is C1CNCCN1.OCCCCCCO. The fourth-order valence-corrected chi connectivity index (χ4v) is 1.18. The van der Waals surface area contributed by atoms with Crippen LogP contribution in [0.2, 0.25) is 0 Å². The molecule has 14 heavy (non-hydrogen) atoms. The van der Waals surface area contributed by atoms with Gasteiger partial charge in [0.05, 0.1) is 0 Å². The van der Waals surface area contributed by atoms with Crippen molar-refractivity contribution in [2.75, 3.05) is 39.4 Å². The molecule has 0 spiro atoms. The second-order valence-electron chi connectivity index (χ2n) is 3.36. The second kappa shape index (κ2) is 12.8. The lowest BCUT2D eigenvalue weighted by atomic mass is 10.2. The summed E-state index contributed by atoms with van der Waals surface area (Å²) in [4.78, 5) is 0. The Labute approximate surface area is 86.7 Å². The molecular formula is C10H24N2O2. The van der Waals surface area contributed by atoms with Crippen molar-refractivity contribution < 1.29 is 10.2 Å². The number of hydrogen-bond donors (Lipinski definition) is 4. The normalized spacial score (nSPS) is 15.9. The van der Waals surface area contributed by atoms with Crippen LogP contribution in [-0.2, 0) is 0 Å². The molecule has 1 aliphatic rings. The third kappa shape index (κ3) is 11.8. The molecule has 86 valence electrons. The fourth-order valence-electron chi connectivity index (χ4n) is 1.18. The van der Waals surface area contributed by atoms with Crippen LogP contribution in [0.25, 0.3) is 0 Å². The lowest BCUT2D eigenvalue weighted by Gasteiger charge is -2.11. The molecule has 0 amide bonds. The smallest absolute Gasteiger partial charge is 0.0431 e. The number of hydrogen-bond acceptors (Lipinski definition) is 4. The highest BCUT2D eigenvalue weighted by molar-refractivity contribution is 4.59. The first-order chi connectivity index (χ1) is 6.91. The lowest BCUT2D eigenvalue weighted by Crippen LogP contribution is -2.39. The van der Waals surface area contributed by atoms with Gasteiger partial charge in [-0.2, -0.15) is 0 Å². The third-order valence-electron chi connectivity index (χ3n) is 2.02. The van der Waals surface area contributed by atoms with E-state index in [-0.39, 0.29) is 13.2 Å². The van der Waals surface area contributed by atoms with E-state index in [1.54, 1.807) is 0 Å². The van der Waals surface area contributed by atoms with Crippen LogP contribution in [-0.4, -0.2) is 49.6 Å². The van der Waals surface area contributed by atoms with Gasteiger partial charge in [0.1, 0.15) is 0 Å². The zero-order chi connectivity index (χ0) is 10.5. The molecule has 0 radical (unpaired) electrons. The number of rotatable bonds is 5. The van der Waals surface area contributed by atoms with Crippen LogP contribution < -0.4 is 10.6 Å². The maximum Gasteiger partial charge on any atom is 0.0431 e. The summed E-state index contributed by atoms with van der Waals surface area (Å²) in [5.41, 5.74) is 0. The van der Waals surface area contributed by atoms with Gasteiger partial charge in [-0.05, 0) is 12.8 Å². The molecule has 4 nitrogen and oxygen atoms in total. The number of nitrogens with one attached hydrogen (secondary N) is 2. The van der Waals surface area contributed by atoms with Crippen LogP contribution in [0.3, 0.4) is 0 Å². The van der Waals surface area contributed by atoms with Gasteiger partial charge in [0.25, 0.3) is 0 Å². The first kappa shape index (κ1) is 13.8. The molecule has 1 fully saturated rings. The molecule has 0 aliphatic carbocycles. The van der Waals surface area contributed by atoms with E-state index < -0.39 is 0 Å². The van der Waals surface area contributed by atoms with E-state index in [2.05, 4.69) is 10.6 Å². The van der Waals surface area contributed by atoms with E-state index in [1.807, 2.05) is 0 Å². The van der Waals surface area contributed by atoms with Crippen molar-refractivity contribution in [3.63, 3.8) is 0 Å². The Morgan fingerprint density at radius 3 is 1.21 bits per heavy atom. The van der Waals surface area contributed by atoms with E-state index >= 15 is 0 Å². The molecule has 0 aromatic rings. The van der Waals surface area contributed by atoms with Crippen LogP contribution in [0.1, 0.15) is 25.7 Å². The Bertz CT molecular complexity index is 80.6. The summed E-state index contributed by atoms with van der Waals surface area (Å²) in [7, 11) is 0. The monoisotopic (exact) mass is 204 g/mol. The van der Waals surface area contributed by atoms with Crippen LogP contribution in [0, 0.1) is 0 Å². The van der Waals surface area contributed by atoms with Crippen molar-refractivity contribution in [2.24, 2.45) is 0 Å². The molecule has 0 bridgehead atoms. The molecule has 1 rings (SSSR count). The average Bonchev–Trinajstić information content (AvgIpc) is 2.28. The van der Waals surface area contributed by atoms with E-state index in [4.69, 9.17) is 10.2 Å². The molecule has 4 heteroatoms. The summed E-state index contributed by atoms with van der Waals surface area (Å²) in [6.07, 6.45) is 3.83. The minimum absolute atomic E-state index is 0.283. The molecule has 0 unspecified atom stereocenters. The highest BCUT2D eigenvalue weighted by Crippen LogP contribution is 1.96. The number of aliphatic hydroxyl groups is 2. The van der Waals surface area contributed by atoms with Gasteiger partial charge in [-0.1, -0.05) is 12.8 Å². The molecule has 0 aromatic carbocycles. The highest BCUT2D eigenvalue weighted by Gasteiger charge is 1.91. The Morgan fingerprint density at radius 2 is 1.00 bits per heavy atom. The van der Waals surface area contributed by atoms with E-state index in [0.29, 0.717) is 0 Å². The molecular weight excluding hydrogens is 180 g/mol.